The van der Waals surface area contributed by atoms with Crippen molar-refractivity contribution in [2.45, 2.75) is 5.60 Å². The van der Waals surface area contributed by atoms with E-state index in [2.05, 4.69) is 25.0 Å². The van der Waals surface area contributed by atoms with E-state index in [0.29, 0.717) is 45.9 Å². The number of hydrogen-bond donors (Lipinski definition) is 3. The van der Waals surface area contributed by atoms with E-state index in [0.717, 1.165) is 5.56 Å². The number of nitrogens with two attached hydrogens (primary N) is 1. The van der Waals surface area contributed by atoms with Crippen molar-refractivity contribution < 1.29 is 5.11 Å². The van der Waals surface area contributed by atoms with Crippen molar-refractivity contribution in [3.05, 3.63) is 72.4 Å². The summed E-state index contributed by atoms with van der Waals surface area (Å²) in [6, 6.07) is 11.2. The highest BCUT2D eigenvalue weighted by Crippen LogP contribution is 2.33. The highest BCUT2D eigenvalue weighted by atomic mass is 16.3. The molecule has 0 saturated carbocycles. The topological polar surface area (TPSA) is 135 Å². The predicted molar refractivity (Wildman–Crippen MR) is 130 cm³/mol. The predicted octanol–water partition coefficient (Wildman–Crippen LogP) is 2.20. The SMILES string of the molecule is CN(C)CC(O)(c1ccccc1)c1cc(-c2c[nH]c3ncc(-c4cnn(C)c4)nc23)nc(N)n1. The Balaban J connectivity index is 1.65. The molecule has 1 unspecified atom stereocenters. The molecule has 5 aromatic rings. The molecule has 0 aliphatic heterocycles. The van der Waals surface area contributed by atoms with E-state index in [1.165, 1.54) is 0 Å². The second-order valence-electron chi connectivity index (χ2n) is 8.52. The molecule has 5 rings (SSSR count). The largest absolute Gasteiger partial charge is 0.377 e. The minimum atomic E-state index is -1.39. The van der Waals surface area contributed by atoms with Gasteiger partial charge in [0.15, 0.2) is 5.65 Å². The molecule has 1 aromatic carbocycles. The minimum Gasteiger partial charge on any atom is -0.377 e. The van der Waals surface area contributed by atoms with Crippen LogP contribution in [0.5, 0.6) is 0 Å². The Morgan fingerprint density at radius 2 is 1.88 bits per heavy atom. The number of anilines is 1. The molecule has 0 amide bonds. The Morgan fingerprint density at radius 1 is 1.09 bits per heavy atom. The number of aliphatic hydroxyl groups is 1. The third kappa shape index (κ3) is 3.89. The minimum absolute atomic E-state index is 0.0614. The molecule has 0 aliphatic carbocycles. The second kappa shape index (κ2) is 8.32. The fourth-order valence-electron chi connectivity index (χ4n) is 4.09. The van der Waals surface area contributed by atoms with Gasteiger partial charge in [0.25, 0.3) is 0 Å². The molecular weight excluding hydrogens is 430 g/mol. The molecule has 0 saturated heterocycles. The number of nitrogens with one attached hydrogen (secondary N) is 1. The smallest absolute Gasteiger partial charge is 0.220 e. The van der Waals surface area contributed by atoms with Crippen LogP contribution in [0.2, 0.25) is 0 Å². The van der Waals surface area contributed by atoms with Crippen LogP contribution in [-0.2, 0) is 12.6 Å². The van der Waals surface area contributed by atoms with E-state index >= 15 is 0 Å². The van der Waals surface area contributed by atoms with E-state index in [1.807, 2.05) is 62.6 Å². The molecule has 0 fully saturated rings. The zero-order valence-electron chi connectivity index (χ0n) is 19.1. The maximum Gasteiger partial charge on any atom is 0.220 e. The first kappa shape index (κ1) is 21.7. The second-order valence-corrected chi connectivity index (χ2v) is 8.52. The van der Waals surface area contributed by atoms with Crippen molar-refractivity contribution in [1.29, 1.82) is 0 Å². The zero-order valence-corrected chi connectivity index (χ0v) is 19.1. The normalized spacial score (nSPS) is 13.4. The molecule has 4 heterocycles. The fraction of sp³-hybridized carbons (Fsp3) is 0.208. The van der Waals surface area contributed by atoms with Gasteiger partial charge in [-0.1, -0.05) is 30.3 Å². The summed E-state index contributed by atoms with van der Waals surface area (Å²) in [5, 5.41) is 16.1. The lowest BCUT2D eigenvalue weighted by atomic mass is 9.89. The van der Waals surface area contributed by atoms with Gasteiger partial charge in [-0.3, -0.25) is 4.68 Å². The molecule has 0 bridgehead atoms. The summed E-state index contributed by atoms with van der Waals surface area (Å²) in [4.78, 5) is 23.2. The molecule has 10 nitrogen and oxygen atoms in total. The average molecular weight is 456 g/mol. The van der Waals surface area contributed by atoms with Gasteiger partial charge in [-0.05, 0) is 25.7 Å². The van der Waals surface area contributed by atoms with Crippen LogP contribution in [0, 0.1) is 0 Å². The van der Waals surface area contributed by atoms with Gasteiger partial charge in [0.2, 0.25) is 5.95 Å². The van der Waals surface area contributed by atoms with E-state index in [-0.39, 0.29) is 5.95 Å². The monoisotopic (exact) mass is 455 g/mol. The van der Waals surface area contributed by atoms with Gasteiger partial charge in [0.1, 0.15) is 11.1 Å². The highest BCUT2D eigenvalue weighted by Gasteiger charge is 2.35. The summed E-state index contributed by atoms with van der Waals surface area (Å²) < 4.78 is 1.71. The number of H-pyrrole nitrogens is 1. The Labute approximate surface area is 196 Å². The number of fused-ring (bicyclic) bond motifs is 1. The summed E-state index contributed by atoms with van der Waals surface area (Å²) in [6.45, 7) is 0.311. The summed E-state index contributed by atoms with van der Waals surface area (Å²) >= 11 is 0. The van der Waals surface area contributed by atoms with Crippen LogP contribution in [0.4, 0.5) is 5.95 Å². The summed E-state index contributed by atoms with van der Waals surface area (Å²) in [5.74, 6) is 0.0614. The van der Waals surface area contributed by atoms with Crippen molar-refractivity contribution in [2.75, 3.05) is 26.4 Å². The number of nitrogens with zero attached hydrogens (tertiary/aromatic N) is 7. The van der Waals surface area contributed by atoms with E-state index < -0.39 is 5.60 Å². The lowest BCUT2D eigenvalue weighted by Gasteiger charge is -2.31. The lowest BCUT2D eigenvalue weighted by molar-refractivity contribution is 0.0473. The van der Waals surface area contributed by atoms with Gasteiger partial charge in [-0.2, -0.15) is 5.10 Å². The van der Waals surface area contributed by atoms with Crippen molar-refractivity contribution in [1.82, 2.24) is 39.6 Å². The van der Waals surface area contributed by atoms with Crippen LogP contribution in [0.1, 0.15) is 11.3 Å². The molecular formula is C24H25N9O. The molecule has 0 spiro atoms. The number of likely N-dealkylation sites (N-methyl/N-ethyl adjacent to an activating group) is 1. The maximum absolute atomic E-state index is 11.8. The quantitative estimate of drug-likeness (QED) is 0.355. The van der Waals surface area contributed by atoms with E-state index in [9.17, 15) is 5.11 Å². The number of nitrogen functional groups attached to an aromatic ring is 1. The van der Waals surface area contributed by atoms with Crippen molar-refractivity contribution in [2.24, 2.45) is 7.05 Å². The van der Waals surface area contributed by atoms with Gasteiger partial charge in [0, 0.05) is 37.1 Å². The van der Waals surface area contributed by atoms with Crippen LogP contribution in [0.25, 0.3) is 33.7 Å². The molecule has 10 heteroatoms. The molecule has 4 aromatic heterocycles. The summed E-state index contributed by atoms with van der Waals surface area (Å²) in [5.41, 5.74) is 9.92. The standard InChI is InChI=1S/C24H25N9O/c1-32(2)14-24(34,16-7-5-4-6-8-16)20-9-18(30-23(25)31-20)17-11-26-22-21(17)29-19(12-27-22)15-10-28-33(3)13-15/h4-13,34H,14H2,1-3H3,(H,26,27)(H2,25,30,31). The highest BCUT2D eigenvalue weighted by molar-refractivity contribution is 5.90. The van der Waals surface area contributed by atoms with Crippen LogP contribution in [-0.4, -0.2) is 65.3 Å². The molecule has 0 radical (unpaired) electrons. The Bertz CT molecular complexity index is 1460. The molecule has 4 N–H and O–H groups in total. The third-order valence-corrected chi connectivity index (χ3v) is 5.62. The van der Waals surface area contributed by atoms with Crippen molar-refractivity contribution in [3.8, 4) is 22.5 Å². The van der Waals surface area contributed by atoms with Gasteiger partial charge >= 0.3 is 0 Å². The average Bonchev–Trinajstić information content (AvgIpc) is 3.44. The number of aryl methyl sites for hydroxylation is 1. The van der Waals surface area contributed by atoms with Crippen LogP contribution in [0.3, 0.4) is 0 Å². The van der Waals surface area contributed by atoms with E-state index in [4.69, 9.17) is 10.7 Å². The van der Waals surface area contributed by atoms with Crippen LogP contribution < -0.4 is 5.73 Å². The number of rotatable bonds is 6. The number of aromatic amines is 1. The van der Waals surface area contributed by atoms with Gasteiger partial charge in [-0.25, -0.2) is 19.9 Å². The Kier molecular flexibility index (Phi) is 5.31. The lowest BCUT2D eigenvalue weighted by Crippen LogP contribution is -2.39. The van der Waals surface area contributed by atoms with Crippen molar-refractivity contribution in [3.63, 3.8) is 0 Å². The maximum atomic E-state index is 11.8. The molecule has 34 heavy (non-hydrogen) atoms. The first-order chi connectivity index (χ1) is 16.3. The summed E-state index contributed by atoms with van der Waals surface area (Å²) in [6.07, 6.45) is 7.11. The first-order valence-corrected chi connectivity index (χ1v) is 10.7. The summed E-state index contributed by atoms with van der Waals surface area (Å²) in [7, 11) is 5.65. The van der Waals surface area contributed by atoms with Crippen LogP contribution >= 0.6 is 0 Å². The number of benzene rings is 1. The fourth-order valence-corrected chi connectivity index (χ4v) is 4.09. The van der Waals surface area contributed by atoms with Crippen LogP contribution in [0.15, 0.2) is 61.2 Å². The third-order valence-electron chi connectivity index (χ3n) is 5.62. The van der Waals surface area contributed by atoms with Crippen molar-refractivity contribution >= 4 is 17.1 Å². The molecule has 0 aliphatic rings. The molecule has 1 atom stereocenters. The molecule has 172 valence electrons. The van der Waals surface area contributed by atoms with Gasteiger partial charge < -0.3 is 20.7 Å². The van der Waals surface area contributed by atoms with E-state index in [1.54, 1.807) is 29.3 Å². The Morgan fingerprint density at radius 3 is 2.59 bits per heavy atom. The van der Waals surface area contributed by atoms with Gasteiger partial charge in [-0.15, -0.1) is 0 Å². The zero-order chi connectivity index (χ0) is 23.9. The first-order valence-electron chi connectivity index (χ1n) is 10.7. The Hall–Kier alpha value is -4.15. The number of hydrogen-bond acceptors (Lipinski definition) is 8. The van der Waals surface area contributed by atoms with Gasteiger partial charge in [0.05, 0.1) is 29.5 Å². The number of aromatic nitrogens is 7.